The minimum atomic E-state index is -4.81. The molecule has 3 aromatic carbocycles. The number of alkyl halides is 3. The molecule has 0 bridgehead atoms. The number of hydrogen-bond donors (Lipinski definition) is 1. The number of carbonyl (C=O) groups is 1. The second kappa shape index (κ2) is 10.7. The van der Waals surface area contributed by atoms with Crippen molar-refractivity contribution in [2.75, 3.05) is 30.1 Å². The number of anilines is 2. The van der Waals surface area contributed by atoms with E-state index in [2.05, 4.69) is 5.32 Å². The maximum Gasteiger partial charge on any atom is 0.418 e. The van der Waals surface area contributed by atoms with Gasteiger partial charge in [-0.15, -0.1) is 0 Å². The number of nitrogens with one attached hydrogen (secondary N) is 1. The number of methoxy groups -OCH3 is 2. The van der Waals surface area contributed by atoms with E-state index in [1.54, 1.807) is 30.3 Å². The third-order valence-electron chi connectivity index (χ3n) is 5.12. The lowest BCUT2D eigenvalue weighted by Gasteiger charge is -2.26. The summed E-state index contributed by atoms with van der Waals surface area (Å²) in [5.41, 5.74) is -1.46. The van der Waals surface area contributed by atoms with Gasteiger partial charge in [-0.1, -0.05) is 41.9 Å². The Balaban J connectivity index is 2.17. The Kier molecular flexibility index (Phi) is 8.05. The van der Waals surface area contributed by atoms with E-state index in [-0.39, 0.29) is 34.3 Å². The van der Waals surface area contributed by atoms with Gasteiger partial charge in [0.2, 0.25) is 10.0 Å². The molecular weight excluding hydrogens is 521 g/mol. The van der Waals surface area contributed by atoms with Crippen LogP contribution >= 0.6 is 11.6 Å². The summed E-state index contributed by atoms with van der Waals surface area (Å²) >= 11 is 5.73. The highest BCUT2D eigenvalue weighted by Gasteiger charge is 2.35. The van der Waals surface area contributed by atoms with Crippen molar-refractivity contribution in [3.63, 3.8) is 0 Å². The summed E-state index contributed by atoms with van der Waals surface area (Å²) in [5.74, 6) is -0.805. The zero-order valence-electron chi connectivity index (χ0n) is 19.4. The smallest absolute Gasteiger partial charge is 0.418 e. The summed E-state index contributed by atoms with van der Waals surface area (Å²) in [6, 6.07) is 14.0. The van der Waals surface area contributed by atoms with Gasteiger partial charge in [-0.05, 0) is 29.8 Å². The molecular formula is C24H22ClF3N2O5S. The van der Waals surface area contributed by atoms with Crippen LogP contribution in [0, 0.1) is 0 Å². The van der Waals surface area contributed by atoms with Gasteiger partial charge in [0.15, 0.2) is 11.5 Å². The predicted octanol–water partition coefficient (Wildman–Crippen LogP) is 5.59. The van der Waals surface area contributed by atoms with E-state index in [0.717, 1.165) is 16.6 Å². The van der Waals surface area contributed by atoms with E-state index < -0.39 is 33.4 Å². The topological polar surface area (TPSA) is 84.9 Å². The Morgan fingerprint density at radius 2 is 1.61 bits per heavy atom. The van der Waals surface area contributed by atoms with E-state index in [4.69, 9.17) is 21.1 Å². The summed E-state index contributed by atoms with van der Waals surface area (Å²) in [7, 11) is -1.34. The first-order valence-electron chi connectivity index (χ1n) is 10.3. The van der Waals surface area contributed by atoms with E-state index in [1.165, 1.54) is 32.4 Å². The number of carbonyl (C=O) groups excluding carboxylic acids is 1. The summed E-state index contributed by atoms with van der Waals surface area (Å²) < 4.78 is 77.8. The van der Waals surface area contributed by atoms with Gasteiger partial charge in [0, 0.05) is 11.1 Å². The van der Waals surface area contributed by atoms with Gasteiger partial charge in [-0.2, -0.15) is 13.2 Å². The van der Waals surface area contributed by atoms with Crippen molar-refractivity contribution in [2.24, 2.45) is 0 Å². The first-order chi connectivity index (χ1) is 16.8. The van der Waals surface area contributed by atoms with Crippen molar-refractivity contribution in [3.05, 3.63) is 82.4 Å². The first-order valence-corrected chi connectivity index (χ1v) is 12.5. The minimum Gasteiger partial charge on any atom is -0.493 e. The highest BCUT2D eigenvalue weighted by Crippen LogP contribution is 2.39. The summed E-state index contributed by atoms with van der Waals surface area (Å²) in [6.07, 6.45) is -3.85. The minimum absolute atomic E-state index is 0.0757. The third-order valence-corrected chi connectivity index (χ3v) is 6.48. The summed E-state index contributed by atoms with van der Waals surface area (Å²) in [4.78, 5) is 13.3. The van der Waals surface area contributed by atoms with Crippen LogP contribution in [0.1, 0.15) is 21.5 Å². The van der Waals surface area contributed by atoms with Crippen molar-refractivity contribution in [1.82, 2.24) is 0 Å². The van der Waals surface area contributed by atoms with Crippen LogP contribution in [0.2, 0.25) is 5.02 Å². The van der Waals surface area contributed by atoms with Gasteiger partial charge in [0.25, 0.3) is 5.91 Å². The Bertz CT molecular complexity index is 1370. The van der Waals surface area contributed by atoms with Gasteiger partial charge in [0.1, 0.15) is 0 Å². The molecule has 7 nitrogen and oxygen atoms in total. The van der Waals surface area contributed by atoms with Crippen LogP contribution in [0.5, 0.6) is 11.5 Å². The highest BCUT2D eigenvalue weighted by atomic mass is 35.5. The zero-order valence-corrected chi connectivity index (χ0v) is 21.0. The Labute approximate surface area is 211 Å². The molecule has 12 heteroatoms. The average Bonchev–Trinajstić information content (AvgIpc) is 2.82. The molecule has 3 rings (SSSR count). The number of nitrogens with zero attached hydrogens (tertiary/aromatic N) is 1. The van der Waals surface area contributed by atoms with Crippen molar-refractivity contribution < 1.29 is 35.9 Å². The molecule has 0 aromatic heterocycles. The first kappa shape index (κ1) is 27.2. The molecule has 0 aliphatic heterocycles. The SMILES string of the molecule is COc1cc(C(=O)Nc2ccc(Cl)cc2C(F)(F)F)c(N(Cc2ccccc2)S(C)(=O)=O)cc1OC. The van der Waals surface area contributed by atoms with Crippen molar-refractivity contribution in [3.8, 4) is 11.5 Å². The van der Waals surface area contributed by atoms with Crippen molar-refractivity contribution in [2.45, 2.75) is 12.7 Å². The quantitative estimate of drug-likeness (QED) is 0.401. The summed E-state index contributed by atoms with van der Waals surface area (Å²) in [6.45, 7) is -0.149. The molecule has 0 aliphatic rings. The fourth-order valence-electron chi connectivity index (χ4n) is 3.44. The highest BCUT2D eigenvalue weighted by molar-refractivity contribution is 7.92. The van der Waals surface area contributed by atoms with Gasteiger partial charge >= 0.3 is 6.18 Å². The molecule has 0 atom stereocenters. The molecule has 0 saturated carbocycles. The molecule has 0 fully saturated rings. The number of amides is 1. The van der Waals surface area contributed by atoms with Crippen LogP contribution < -0.4 is 19.1 Å². The molecule has 192 valence electrons. The van der Waals surface area contributed by atoms with Crippen LogP contribution in [0.15, 0.2) is 60.7 Å². The second-order valence-corrected chi connectivity index (χ2v) is 9.96. The third kappa shape index (κ3) is 6.21. The van der Waals surface area contributed by atoms with E-state index in [1.807, 2.05) is 0 Å². The summed E-state index contributed by atoms with van der Waals surface area (Å²) in [5, 5.41) is 2.06. The molecule has 3 aromatic rings. The Morgan fingerprint density at radius 1 is 1.00 bits per heavy atom. The van der Waals surface area contributed by atoms with Crippen LogP contribution in [0.3, 0.4) is 0 Å². The number of halogens is 4. The second-order valence-electron chi connectivity index (χ2n) is 7.62. The molecule has 0 saturated heterocycles. The molecule has 1 amide bonds. The van der Waals surface area contributed by atoms with Crippen LogP contribution in [-0.4, -0.2) is 34.8 Å². The lowest BCUT2D eigenvalue weighted by atomic mass is 10.1. The fourth-order valence-corrected chi connectivity index (χ4v) is 4.50. The Morgan fingerprint density at radius 3 is 2.17 bits per heavy atom. The molecule has 0 heterocycles. The Hall–Kier alpha value is -3.44. The monoisotopic (exact) mass is 542 g/mol. The maximum absolute atomic E-state index is 13.6. The number of ether oxygens (including phenoxy) is 2. The largest absolute Gasteiger partial charge is 0.493 e. The van der Waals surface area contributed by atoms with Gasteiger partial charge in [-0.3, -0.25) is 9.10 Å². The van der Waals surface area contributed by atoms with Crippen LogP contribution in [0.25, 0.3) is 0 Å². The normalized spacial score (nSPS) is 11.6. The maximum atomic E-state index is 13.6. The molecule has 0 unspecified atom stereocenters. The molecule has 1 N–H and O–H groups in total. The van der Waals surface area contributed by atoms with E-state index in [0.29, 0.717) is 11.6 Å². The number of benzene rings is 3. The van der Waals surface area contributed by atoms with Crippen LogP contribution in [-0.2, 0) is 22.7 Å². The van der Waals surface area contributed by atoms with Crippen molar-refractivity contribution in [1.29, 1.82) is 0 Å². The number of hydrogen-bond acceptors (Lipinski definition) is 5. The number of sulfonamides is 1. The van der Waals surface area contributed by atoms with E-state index in [9.17, 15) is 26.4 Å². The average molecular weight is 543 g/mol. The molecule has 0 radical (unpaired) electrons. The van der Waals surface area contributed by atoms with Crippen LogP contribution in [0.4, 0.5) is 24.5 Å². The lowest BCUT2D eigenvalue weighted by Crippen LogP contribution is -2.31. The van der Waals surface area contributed by atoms with Crippen molar-refractivity contribution >= 4 is 38.9 Å². The zero-order chi connectivity index (χ0) is 26.7. The molecule has 0 aliphatic carbocycles. The molecule has 36 heavy (non-hydrogen) atoms. The van der Waals surface area contributed by atoms with Gasteiger partial charge < -0.3 is 14.8 Å². The standard InChI is InChI=1S/C24H22ClF3N2O5S/c1-34-21-12-17(23(31)29-19-10-9-16(25)11-18(19)24(26,27)28)20(13-22(21)35-2)30(36(3,32)33)14-15-7-5-4-6-8-15/h4-13H,14H2,1-3H3,(H,29,31). The van der Waals surface area contributed by atoms with E-state index >= 15 is 0 Å². The fraction of sp³-hybridized carbons (Fsp3) is 0.208. The molecule has 0 spiro atoms. The van der Waals surface area contributed by atoms with Gasteiger partial charge in [0.05, 0.1) is 49.5 Å². The number of rotatable bonds is 8. The predicted molar refractivity (Wildman–Crippen MR) is 131 cm³/mol. The van der Waals surface area contributed by atoms with Gasteiger partial charge in [-0.25, -0.2) is 8.42 Å². The lowest BCUT2D eigenvalue weighted by molar-refractivity contribution is -0.136.